The minimum absolute atomic E-state index is 0.233. The maximum atomic E-state index is 13.3. The third kappa shape index (κ3) is 3.66. The Bertz CT molecular complexity index is 1110. The number of thiazole rings is 1. The summed E-state index contributed by atoms with van der Waals surface area (Å²) >= 11 is 1.37. The first-order valence-corrected chi connectivity index (χ1v) is 9.73. The number of aryl methyl sites for hydroxylation is 1. The molecule has 4 aromatic rings. The Labute approximate surface area is 171 Å². The Kier molecular flexibility index (Phi) is 5.18. The maximum absolute atomic E-state index is 13.3. The predicted octanol–water partition coefficient (Wildman–Crippen LogP) is 4.46. The van der Waals surface area contributed by atoms with Gasteiger partial charge in [0.25, 0.3) is 5.91 Å². The number of hydrogen-bond donors (Lipinski definition) is 0. The first kappa shape index (κ1) is 18.9. The first-order valence-electron chi connectivity index (χ1n) is 8.91. The van der Waals surface area contributed by atoms with Crippen LogP contribution in [0.3, 0.4) is 0 Å². The van der Waals surface area contributed by atoms with Gasteiger partial charge in [0, 0.05) is 6.07 Å². The molecular weight excluding hydrogens is 390 g/mol. The highest BCUT2D eigenvalue weighted by Gasteiger charge is 2.26. The van der Waals surface area contributed by atoms with Crippen LogP contribution in [0, 0.1) is 6.92 Å². The number of methoxy groups -OCH3 is 2. The molecular formula is C21H19N3O4S. The summed E-state index contributed by atoms with van der Waals surface area (Å²) in [4.78, 5) is 19.6. The number of amides is 1. The Morgan fingerprint density at radius 3 is 2.48 bits per heavy atom. The number of carbonyl (C=O) groups excluding carboxylic acids is 1. The number of nitrogens with zero attached hydrogens (tertiary/aromatic N) is 3. The van der Waals surface area contributed by atoms with Crippen LogP contribution in [0.5, 0.6) is 11.5 Å². The molecule has 2 aromatic heterocycles. The number of hydrogen-bond acceptors (Lipinski definition) is 7. The van der Waals surface area contributed by atoms with E-state index in [1.807, 2.05) is 36.4 Å². The minimum atomic E-state index is -0.289. The third-order valence-electron chi connectivity index (χ3n) is 4.41. The van der Waals surface area contributed by atoms with Gasteiger partial charge in [0.15, 0.2) is 10.8 Å². The summed E-state index contributed by atoms with van der Waals surface area (Å²) in [6.07, 6.45) is 0. The number of carbonyl (C=O) groups is 1. The van der Waals surface area contributed by atoms with E-state index in [1.165, 1.54) is 11.3 Å². The van der Waals surface area contributed by atoms with Gasteiger partial charge in [-0.15, -0.1) is 0 Å². The SMILES string of the molecule is COc1ccc(OC)c2sc(N(Cc3ccccc3)C(=O)c3cc(C)on3)nc12. The van der Waals surface area contributed by atoms with Gasteiger partial charge < -0.3 is 14.0 Å². The van der Waals surface area contributed by atoms with Crippen LogP contribution in [0.4, 0.5) is 5.13 Å². The van der Waals surface area contributed by atoms with E-state index in [0.717, 1.165) is 10.3 Å². The molecule has 0 saturated carbocycles. The van der Waals surface area contributed by atoms with E-state index in [4.69, 9.17) is 19.0 Å². The number of aromatic nitrogens is 2. The molecule has 29 heavy (non-hydrogen) atoms. The number of ether oxygens (including phenoxy) is 2. The highest BCUT2D eigenvalue weighted by Crippen LogP contribution is 2.40. The van der Waals surface area contributed by atoms with E-state index >= 15 is 0 Å². The first-order chi connectivity index (χ1) is 14.1. The smallest absolute Gasteiger partial charge is 0.282 e. The molecule has 7 nitrogen and oxygen atoms in total. The van der Waals surface area contributed by atoms with Gasteiger partial charge in [0.2, 0.25) is 0 Å². The summed E-state index contributed by atoms with van der Waals surface area (Å²) in [6.45, 7) is 2.09. The fourth-order valence-electron chi connectivity index (χ4n) is 2.99. The molecule has 4 rings (SSSR count). The lowest BCUT2D eigenvalue weighted by molar-refractivity contribution is 0.0976. The van der Waals surface area contributed by atoms with Crippen molar-refractivity contribution in [1.29, 1.82) is 0 Å². The fraction of sp³-hybridized carbons (Fsp3) is 0.190. The zero-order valence-corrected chi connectivity index (χ0v) is 17.0. The summed E-state index contributed by atoms with van der Waals surface area (Å²) in [5, 5.41) is 4.41. The monoisotopic (exact) mass is 409 g/mol. The highest BCUT2D eigenvalue weighted by atomic mass is 32.1. The second kappa shape index (κ2) is 7.92. The standard InChI is InChI=1S/C21H19N3O4S/c1-13-11-15(23-28-13)20(25)24(12-14-7-5-4-6-8-14)21-22-18-16(26-2)9-10-17(27-3)19(18)29-21/h4-11H,12H2,1-3H3. The number of fused-ring (bicyclic) bond motifs is 1. The van der Waals surface area contributed by atoms with E-state index in [2.05, 4.69) is 5.16 Å². The Morgan fingerprint density at radius 1 is 1.10 bits per heavy atom. The topological polar surface area (TPSA) is 77.7 Å². The molecule has 0 bridgehead atoms. The lowest BCUT2D eigenvalue weighted by Crippen LogP contribution is -2.30. The molecule has 0 aliphatic rings. The van der Waals surface area contributed by atoms with Gasteiger partial charge in [-0.25, -0.2) is 4.98 Å². The van der Waals surface area contributed by atoms with Crippen molar-refractivity contribution >= 4 is 32.6 Å². The van der Waals surface area contributed by atoms with Crippen molar-refractivity contribution in [1.82, 2.24) is 10.1 Å². The molecule has 0 unspecified atom stereocenters. The molecule has 2 heterocycles. The zero-order chi connectivity index (χ0) is 20.4. The molecule has 8 heteroatoms. The van der Waals surface area contributed by atoms with Crippen LogP contribution in [-0.2, 0) is 6.54 Å². The molecule has 0 saturated heterocycles. The van der Waals surface area contributed by atoms with Crippen molar-refractivity contribution in [3.8, 4) is 11.5 Å². The van der Waals surface area contributed by atoms with E-state index in [0.29, 0.717) is 34.5 Å². The van der Waals surface area contributed by atoms with Crippen molar-refractivity contribution in [2.75, 3.05) is 19.1 Å². The van der Waals surface area contributed by atoms with Crippen molar-refractivity contribution in [3.05, 3.63) is 65.5 Å². The normalized spacial score (nSPS) is 10.9. The second-order valence-electron chi connectivity index (χ2n) is 6.34. The zero-order valence-electron chi connectivity index (χ0n) is 16.2. The molecule has 0 aliphatic heterocycles. The molecule has 0 fully saturated rings. The highest BCUT2D eigenvalue weighted by molar-refractivity contribution is 7.22. The molecule has 1 amide bonds. The fourth-order valence-corrected chi connectivity index (χ4v) is 4.06. The Hall–Kier alpha value is -3.39. The number of anilines is 1. The maximum Gasteiger partial charge on any atom is 0.282 e. The second-order valence-corrected chi connectivity index (χ2v) is 7.32. The average Bonchev–Trinajstić information content (AvgIpc) is 3.38. The molecule has 0 N–H and O–H groups in total. The minimum Gasteiger partial charge on any atom is -0.495 e. The summed E-state index contributed by atoms with van der Waals surface area (Å²) in [5.41, 5.74) is 1.85. The summed E-state index contributed by atoms with van der Waals surface area (Å²) < 4.78 is 16.8. The van der Waals surface area contributed by atoms with Gasteiger partial charge in [0.05, 0.1) is 20.8 Å². The molecule has 148 valence electrons. The van der Waals surface area contributed by atoms with Crippen molar-refractivity contribution in [2.24, 2.45) is 0 Å². The van der Waals surface area contributed by atoms with Gasteiger partial charge in [-0.2, -0.15) is 0 Å². The van der Waals surface area contributed by atoms with Crippen molar-refractivity contribution < 1.29 is 18.8 Å². The predicted molar refractivity (Wildman–Crippen MR) is 111 cm³/mol. The van der Waals surface area contributed by atoms with Crippen LogP contribution in [0.2, 0.25) is 0 Å². The lowest BCUT2D eigenvalue weighted by Gasteiger charge is -2.18. The molecule has 2 aromatic carbocycles. The third-order valence-corrected chi connectivity index (χ3v) is 5.50. The van der Waals surface area contributed by atoms with Crippen LogP contribution in [0.25, 0.3) is 10.2 Å². The van der Waals surface area contributed by atoms with Crippen molar-refractivity contribution in [2.45, 2.75) is 13.5 Å². The number of benzene rings is 2. The van der Waals surface area contributed by atoms with Crippen LogP contribution < -0.4 is 14.4 Å². The summed E-state index contributed by atoms with van der Waals surface area (Å²) in [5.74, 6) is 1.57. The van der Waals surface area contributed by atoms with Crippen LogP contribution in [0.15, 0.2) is 53.1 Å². The van der Waals surface area contributed by atoms with E-state index in [9.17, 15) is 4.79 Å². The Balaban J connectivity index is 1.83. The van der Waals surface area contributed by atoms with E-state index < -0.39 is 0 Å². The van der Waals surface area contributed by atoms with E-state index in [-0.39, 0.29) is 11.6 Å². The van der Waals surface area contributed by atoms with Crippen LogP contribution >= 0.6 is 11.3 Å². The van der Waals surface area contributed by atoms with Gasteiger partial charge in [-0.3, -0.25) is 9.69 Å². The van der Waals surface area contributed by atoms with Gasteiger partial charge >= 0.3 is 0 Å². The molecule has 0 aliphatic carbocycles. The summed E-state index contributed by atoms with van der Waals surface area (Å²) in [7, 11) is 3.19. The molecule has 0 radical (unpaired) electrons. The average molecular weight is 409 g/mol. The largest absolute Gasteiger partial charge is 0.495 e. The van der Waals surface area contributed by atoms with Gasteiger partial charge in [-0.1, -0.05) is 46.8 Å². The number of rotatable bonds is 6. The van der Waals surface area contributed by atoms with Crippen LogP contribution in [-0.4, -0.2) is 30.3 Å². The summed E-state index contributed by atoms with van der Waals surface area (Å²) in [6, 6.07) is 15.0. The quantitative estimate of drug-likeness (QED) is 0.468. The lowest BCUT2D eigenvalue weighted by atomic mass is 10.2. The van der Waals surface area contributed by atoms with E-state index in [1.54, 1.807) is 38.2 Å². The van der Waals surface area contributed by atoms with Gasteiger partial charge in [-0.05, 0) is 24.6 Å². The molecule has 0 atom stereocenters. The Morgan fingerprint density at radius 2 is 1.83 bits per heavy atom. The van der Waals surface area contributed by atoms with Gasteiger partial charge in [0.1, 0.15) is 27.5 Å². The van der Waals surface area contributed by atoms with Crippen molar-refractivity contribution in [3.63, 3.8) is 0 Å². The molecule has 0 spiro atoms. The van der Waals surface area contributed by atoms with Crippen LogP contribution in [0.1, 0.15) is 21.8 Å².